The molecular formula is C6H5BrClNO. The van der Waals surface area contributed by atoms with Gasteiger partial charge in [0.1, 0.15) is 5.15 Å². The second kappa shape index (κ2) is 3.32. The van der Waals surface area contributed by atoms with Crippen molar-refractivity contribution in [3.05, 3.63) is 27.5 Å². The number of rotatable bonds is 1. The summed E-state index contributed by atoms with van der Waals surface area (Å²) in [5.41, 5.74) is 0.577. The van der Waals surface area contributed by atoms with E-state index in [1.807, 2.05) is 0 Å². The van der Waals surface area contributed by atoms with Gasteiger partial charge >= 0.3 is 0 Å². The van der Waals surface area contributed by atoms with Gasteiger partial charge < -0.3 is 5.11 Å². The quantitative estimate of drug-likeness (QED) is 0.737. The summed E-state index contributed by atoms with van der Waals surface area (Å²) < 4.78 is 0.742. The fraction of sp³-hybridized carbons (Fsp3) is 0.167. The maximum atomic E-state index is 8.62. The van der Waals surface area contributed by atoms with E-state index in [1.54, 1.807) is 12.1 Å². The Morgan fingerprint density at radius 1 is 1.60 bits per heavy atom. The van der Waals surface area contributed by atoms with Gasteiger partial charge in [-0.3, -0.25) is 0 Å². The molecule has 1 N–H and O–H groups in total. The fourth-order valence-corrected chi connectivity index (χ4v) is 0.935. The fourth-order valence-electron chi connectivity index (χ4n) is 0.543. The molecule has 0 saturated carbocycles. The van der Waals surface area contributed by atoms with E-state index in [4.69, 9.17) is 16.7 Å². The minimum atomic E-state index is -0.0764. The molecule has 0 spiro atoms. The van der Waals surface area contributed by atoms with Crippen LogP contribution in [0.1, 0.15) is 5.69 Å². The lowest BCUT2D eigenvalue weighted by Crippen LogP contribution is -1.88. The Labute approximate surface area is 72.0 Å². The highest BCUT2D eigenvalue weighted by molar-refractivity contribution is 9.10. The van der Waals surface area contributed by atoms with Gasteiger partial charge in [-0.25, -0.2) is 4.98 Å². The van der Waals surface area contributed by atoms with Gasteiger partial charge in [0.25, 0.3) is 0 Å². The summed E-state index contributed by atoms with van der Waals surface area (Å²) in [5, 5.41) is 9.00. The van der Waals surface area contributed by atoms with E-state index in [2.05, 4.69) is 20.9 Å². The third kappa shape index (κ3) is 1.68. The number of nitrogens with zero attached hydrogens (tertiary/aromatic N) is 1. The number of pyridine rings is 1. The van der Waals surface area contributed by atoms with Crippen LogP contribution < -0.4 is 0 Å². The average molecular weight is 222 g/mol. The van der Waals surface area contributed by atoms with Crippen molar-refractivity contribution in [2.75, 3.05) is 0 Å². The Kier molecular flexibility index (Phi) is 2.65. The first-order valence-electron chi connectivity index (χ1n) is 2.66. The zero-order valence-electron chi connectivity index (χ0n) is 5.01. The molecule has 0 aliphatic rings. The third-order valence-electron chi connectivity index (χ3n) is 1.02. The molecule has 0 amide bonds. The van der Waals surface area contributed by atoms with Crippen molar-refractivity contribution < 1.29 is 5.11 Å². The van der Waals surface area contributed by atoms with Gasteiger partial charge in [-0.05, 0) is 28.1 Å². The summed E-state index contributed by atoms with van der Waals surface area (Å²) in [6, 6.07) is 3.46. The van der Waals surface area contributed by atoms with Crippen LogP contribution in [0.5, 0.6) is 0 Å². The highest BCUT2D eigenvalue weighted by atomic mass is 79.9. The molecule has 0 radical (unpaired) electrons. The molecule has 1 aromatic rings. The van der Waals surface area contributed by atoms with Gasteiger partial charge in [0.15, 0.2) is 0 Å². The standard InChI is InChI=1S/C6H5BrClNO/c7-5-2-1-4(3-10)9-6(5)8/h1-2,10H,3H2. The van der Waals surface area contributed by atoms with Crippen LogP contribution in [0.3, 0.4) is 0 Å². The molecule has 0 fully saturated rings. The van der Waals surface area contributed by atoms with Crippen LogP contribution in [-0.2, 0) is 6.61 Å². The Morgan fingerprint density at radius 3 is 2.80 bits per heavy atom. The van der Waals surface area contributed by atoms with Gasteiger partial charge in [-0.1, -0.05) is 11.6 Å². The summed E-state index contributed by atoms with van der Waals surface area (Å²) >= 11 is 8.81. The van der Waals surface area contributed by atoms with E-state index < -0.39 is 0 Å². The van der Waals surface area contributed by atoms with Crippen LogP contribution in [0.4, 0.5) is 0 Å². The lowest BCUT2D eigenvalue weighted by molar-refractivity contribution is 0.277. The minimum absolute atomic E-state index is 0.0764. The summed E-state index contributed by atoms with van der Waals surface area (Å²) in [7, 11) is 0. The number of hydrogen-bond acceptors (Lipinski definition) is 2. The molecule has 0 aliphatic heterocycles. The van der Waals surface area contributed by atoms with Crippen LogP contribution in [0.2, 0.25) is 5.15 Å². The molecule has 0 unspecified atom stereocenters. The lowest BCUT2D eigenvalue weighted by atomic mass is 10.4. The molecule has 0 saturated heterocycles. The molecule has 1 aromatic heterocycles. The normalized spacial score (nSPS) is 9.90. The largest absolute Gasteiger partial charge is 0.390 e. The predicted octanol–water partition coefficient (Wildman–Crippen LogP) is 1.99. The van der Waals surface area contributed by atoms with Crippen molar-refractivity contribution in [3.63, 3.8) is 0 Å². The number of aromatic nitrogens is 1. The van der Waals surface area contributed by atoms with Crippen LogP contribution in [0.25, 0.3) is 0 Å². The molecule has 0 bridgehead atoms. The molecule has 54 valence electrons. The van der Waals surface area contributed by atoms with E-state index in [9.17, 15) is 0 Å². The van der Waals surface area contributed by atoms with E-state index in [1.165, 1.54) is 0 Å². The minimum Gasteiger partial charge on any atom is -0.390 e. The zero-order chi connectivity index (χ0) is 7.56. The number of halogens is 2. The van der Waals surface area contributed by atoms with Crippen LogP contribution in [0, 0.1) is 0 Å². The number of aliphatic hydroxyl groups is 1. The van der Waals surface area contributed by atoms with Crippen molar-refractivity contribution in [1.29, 1.82) is 0 Å². The van der Waals surface area contributed by atoms with E-state index >= 15 is 0 Å². The Bertz CT molecular complexity index is 241. The first-order chi connectivity index (χ1) is 4.74. The Balaban J connectivity index is 3.04. The third-order valence-corrected chi connectivity index (χ3v) is 2.18. The molecular weight excluding hydrogens is 217 g/mol. The Hall–Kier alpha value is -0.120. The Morgan fingerprint density at radius 2 is 2.30 bits per heavy atom. The van der Waals surface area contributed by atoms with Gasteiger partial charge in [0.2, 0.25) is 0 Å². The molecule has 0 atom stereocenters. The second-order valence-corrected chi connectivity index (χ2v) is 2.95. The van der Waals surface area contributed by atoms with Gasteiger partial charge in [-0.15, -0.1) is 0 Å². The zero-order valence-corrected chi connectivity index (χ0v) is 7.35. The smallest absolute Gasteiger partial charge is 0.143 e. The highest BCUT2D eigenvalue weighted by Crippen LogP contribution is 2.19. The molecule has 0 aliphatic carbocycles. The molecule has 1 heterocycles. The summed E-state index contributed by atoms with van der Waals surface area (Å²) in [6.07, 6.45) is 0. The van der Waals surface area contributed by atoms with Crippen molar-refractivity contribution in [1.82, 2.24) is 4.98 Å². The topological polar surface area (TPSA) is 33.1 Å². The van der Waals surface area contributed by atoms with E-state index in [-0.39, 0.29) is 6.61 Å². The summed E-state index contributed by atoms with van der Waals surface area (Å²) in [4.78, 5) is 3.86. The first kappa shape index (κ1) is 7.98. The molecule has 1 rings (SSSR count). The monoisotopic (exact) mass is 221 g/mol. The average Bonchev–Trinajstić information content (AvgIpc) is 1.95. The SMILES string of the molecule is OCc1ccc(Br)c(Cl)n1. The number of hydrogen-bond donors (Lipinski definition) is 1. The van der Waals surface area contributed by atoms with Crippen molar-refractivity contribution in [2.24, 2.45) is 0 Å². The molecule has 2 nitrogen and oxygen atoms in total. The van der Waals surface area contributed by atoms with Crippen molar-refractivity contribution in [3.8, 4) is 0 Å². The second-order valence-electron chi connectivity index (χ2n) is 1.73. The van der Waals surface area contributed by atoms with Crippen LogP contribution >= 0.6 is 27.5 Å². The van der Waals surface area contributed by atoms with Gasteiger partial charge in [0, 0.05) is 0 Å². The van der Waals surface area contributed by atoms with Crippen LogP contribution in [0.15, 0.2) is 16.6 Å². The predicted molar refractivity (Wildman–Crippen MR) is 42.9 cm³/mol. The molecule has 4 heteroatoms. The number of aliphatic hydroxyl groups excluding tert-OH is 1. The molecule has 10 heavy (non-hydrogen) atoms. The van der Waals surface area contributed by atoms with Gasteiger partial charge in [0.05, 0.1) is 16.8 Å². The van der Waals surface area contributed by atoms with Crippen LogP contribution in [-0.4, -0.2) is 10.1 Å². The maximum Gasteiger partial charge on any atom is 0.143 e. The van der Waals surface area contributed by atoms with Crippen molar-refractivity contribution in [2.45, 2.75) is 6.61 Å². The van der Waals surface area contributed by atoms with Gasteiger partial charge in [-0.2, -0.15) is 0 Å². The van der Waals surface area contributed by atoms with E-state index in [0.29, 0.717) is 10.8 Å². The summed E-state index contributed by atoms with van der Waals surface area (Å²) in [6.45, 7) is -0.0764. The highest BCUT2D eigenvalue weighted by Gasteiger charge is 1.97. The summed E-state index contributed by atoms with van der Waals surface area (Å²) in [5.74, 6) is 0. The first-order valence-corrected chi connectivity index (χ1v) is 3.83. The maximum absolute atomic E-state index is 8.62. The lowest BCUT2D eigenvalue weighted by Gasteiger charge is -1.96. The van der Waals surface area contributed by atoms with E-state index in [0.717, 1.165) is 4.47 Å². The van der Waals surface area contributed by atoms with Crippen molar-refractivity contribution >= 4 is 27.5 Å². The molecule has 0 aromatic carbocycles.